The van der Waals surface area contributed by atoms with Crippen LogP contribution >= 0.6 is 0 Å². The van der Waals surface area contributed by atoms with Gasteiger partial charge >= 0.3 is 0 Å². The quantitative estimate of drug-likeness (QED) is 0.652. The van der Waals surface area contributed by atoms with Gasteiger partial charge in [0.15, 0.2) is 0 Å². The first kappa shape index (κ1) is 10.0. The number of nitrogens with zero attached hydrogens (tertiary/aromatic N) is 1. The highest BCUT2D eigenvalue weighted by Gasteiger charge is 2.15. The zero-order valence-electron chi connectivity index (χ0n) is 8.13. The fraction of sp³-hybridized carbons (Fsp3) is 1.00. The lowest BCUT2D eigenvalue weighted by Gasteiger charge is -2.25. The molecule has 0 aromatic carbocycles. The average molecular weight is 171 g/mol. The molecule has 1 fully saturated rings. The molecule has 0 aromatic rings. The van der Waals surface area contributed by atoms with Crippen molar-refractivity contribution >= 4 is 0 Å². The summed E-state index contributed by atoms with van der Waals surface area (Å²) in [5.41, 5.74) is 0. The summed E-state index contributed by atoms with van der Waals surface area (Å²) >= 11 is 0. The van der Waals surface area contributed by atoms with Gasteiger partial charge in [-0.25, -0.2) is 0 Å². The second-order valence-corrected chi connectivity index (χ2v) is 3.85. The Hall–Kier alpha value is -0.0800. The largest absolute Gasteiger partial charge is 0.395 e. The summed E-state index contributed by atoms with van der Waals surface area (Å²) in [5.74, 6) is 0. The van der Waals surface area contributed by atoms with Crippen molar-refractivity contribution in [2.24, 2.45) is 0 Å². The van der Waals surface area contributed by atoms with Crippen molar-refractivity contribution in [3.05, 3.63) is 0 Å². The summed E-state index contributed by atoms with van der Waals surface area (Å²) in [5, 5.41) is 8.80. The molecule has 1 N–H and O–H groups in total. The maximum absolute atomic E-state index is 8.80. The molecule has 0 unspecified atom stereocenters. The number of hydrogen-bond donors (Lipinski definition) is 1. The number of hydrogen-bond acceptors (Lipinski definition) is 2. The van der Waals surface area contributed by atoms with Gasteiger partial charge in [0.25, 0.3) is 0 Å². The van der Waals surface area contributed by atoms with Gasteiger partial charge in [-0.15, -0.1) is 0 Å². The SMILES string of the molecule is CN(CCO)C1CCCCCC1. The summed E-state index contributed by atoms with van der Waals surface area (Å²) in [4.78, 5) is 2.31. The van der Waals surface area contributed by atoms with E-state index in [0.29, 0.717) is 6.61 Å². The number of aliphatic hydroxyl groups is 1. The summed E-state index contributed by atoms with van der Waals surface area (Å²) in [6.07, 6.45) is 8.22. The predicted octanol–water partition coefficient (Wildman–Crippen LogP) is 1.63. The highest BCUT2D eigenvalue weighted by atomic mass is 16.3. The molecule has 0 radical (unpaired) electrons. The van der Waals surface area contributed by atoms with E-state index in [1.807, 2.05) is 0 Å². The average Bonchev–Trinajstić information content (AvgIpc) is 2.32. The molecule has 2 heteroatoms. The van der Waals surface area contributed by atoms with Crippen molar-refractivity contribution in [2.75, 3.05) is 20.2 Å². The zero-order valence-corrected chi connectivity index (χ0v) is 8.13. The van der Waals surface area contributed by atoms with Crippen LogP contribution in [0.1, 0.15) is 38.5 Å². The van der Waals surface area contributed by atoms with Gasteiger partial charge in [-0.3, -0.25) is 0 Å². The molecule has 0 spiro atoms. The van der Waals surface area contributed by atoms with E-state index in [9.17, 15) is 0 Å². The van der Waals surface area contributed by atoms with Crippen LogP contribution in [0, 0.1) is 0 Å². The number of aliphatic hydroxyl groups excluding tert-OH is 1. The Morgan fingerprint density at radius 3 is 2.25 bits per heavy atom. The summed E-state index contributed by atoms with van der Waals surface area (Å²) in [6, 6.07) is 0.736. The highest BCUT2D eigenvalue weighted by molar-refractivity contribution is 4.71. The van der Waals surface area contributed by atoms with E-state index in [2.05, 4.69) is 11.9 Å². The number of likely N-dealkylation sites (N-methyl/N-ethyl adjacent to an activating group) is 1. The molecule has 0 bridgehead atoms. The molecule has 0 heterocycles. The monoisotopic (exact) mass is 171 g/mol. The van der Waals surface area contributed by atoms with Crippen LogP contribution in [0.2, 0.25) is 0 Å². The molecule has 0 saturated heterocycles. The summed E-state index contributed by atoms with van der Waals surface area (Å²) < 4.78 is 0. The predicted molar refractivity (Wildman–Crippen MR) is 51.2 cm³/mol. The normalized spacial score (nSPS) is 21.2. The molecule has 2 nitrogen and oxygen atoms in total. The first-order valence-corrected chi connectivity index (χ1v) is 5.15. The molecule has 0 aromatic heterocycles. The van der Waals surface area contributed by atoms with Gasteiger partial charge in [-0.05, 0) is 19.9 Å². The first-order valence-electron chi connectivity index (χ1n) is 5.15. The van der Waals surface area contributed by atoms with Gasteiger partial charge in [0.2, 0.25) is 0 Å². The lowest BCUT2D eigenvalue weighted by Crippen LogP contribution is -2.33. The Morgan fingerprint density at radius 1 is 1.17 bits per heavy atom. The van der Waals surface area contributed by atoms with Crippen LogP contribution in [0.15, 0.2) is 0 Å². The molecule has 0 amide bonds. The van der Waals surface area contributed by atoms with Crippen LogP contribution in [0.3, 0.4) is 0 Å². The fourth-order valence-electron chi connectivity index (χ4n) is 2.04. The second-order valence-electron chi connectivity index (χ2n) is 3.85. The highest BCUT2D eigenvalue weighted by Crippen LogP contribution is 2.20. The number of rotatable bonds is 3. The lowest BCUT2D eigenvalue weighted by atomic mass is 10.1. The van der Waals surface area contributed by atoms with Crippen molar-refractivity contribution in [3.8, 4) is 0 Å². The topological polar surface area (TPSA) is 23.5 Å². The van der Waals surface area contributed by atoms with E-state index in [0.717, 1.165) is 12.6 Å². The van der Waals surface area contributed by atoms with Crippen molar-refractivity contribution in [3.63, 3.8) is 0 Å². The Labute approximate surface area is 75.6 Å². The van der Waals surface area contributed by atoms with Crippen LogP contribution in [-0.2, 0) is 0 Å². The van der Waals surface area contributed by atoms with Crippen molar-refractivity contribution in [1.29, 1.82) is 0 Å². The minimum absolute atomic E-state index is 0.299. The van der Waals surface area contributed by atoms with Crippen LogP contribution in [-0.4, -0.2) is 36.2 Å². The van der Waals surface area contributed by atoms with Crippen LogP contribution in [0.4, 0.5) is 0 Å². The second kappa shape index (κ2) is 5.55. The summed E-state index contributed by atoms with van der Waals surface area (Å²) in [7, 11) is 2.13. The Kier molecular flexibility index (Phi) is 4.62. The maximum Gasteiger partial charge on any atom is 0.0558 e. The van der Waals surface area contributed by atoms with Crippen molar-refractivity contribution in [2.45, 2.75) is 44.6 Å². The standard InChI is InChI=1S/C10H21NO/c1-11(8-9-12)10-6-4-2-3-5-7-10/h10,12H,2-9H2,1H3. The summed E-state index contributed by atoms with van der Waals surface area (Å²) in [6.45, 7) is 1.14. The molecule has 1 rings (SSSR count). The Morgan fingerprint density at radius 2 is 1.75 bits per heavy atom. The maximum atomic E-state index is 8.80. The van der Waals surface area contributed by atoms with Gasteiger partial charge in [-0.2, -0.15) is 0 Å². The van der Waals surface area contributed by atoms with Crippen molar-refractivity contribution in [1.82, 2.24) is 4.90 Å². The van der Waals surface area contributed by atoms with E-state index in [4.69, 9.17) is 5.11 Å². The van der Waals surface area contributed by atoms with Gasteiger partial charge in [0.1, 0.15) is 0 Å². The van der Waals surface area contributed by atoms with Crippen molar-refractivity contribution < 1.29 is 5.11 Å². The molecule has 1 aliphatic rings. The van der Waals surface area contributed by atoms with Gasteiger partial charge in [-0.1, -0.05) is 25.7 Å². The molecular weight excluding hydrogens is 150 g/mol. The first-order chi connectivity index (χ1) is 5.84. The van der Waals surface area contributed by atoms with E-state index in [-0.39, 0.29) is 0 Å². The molecule has 0 aliphatic heterocycles. The van der Waals surface area contributed by atoms with Gasteiger partial charge in [0, 0.05) is 12.6 Å². The van der Waals surface area contributed by atoms with Gasteiger partial charge in [0.05, 0.1) is 6.61 Å². The molecule has 12 heavy (non-hydrogen) atoms. The van der Waals surface area contributed by atoms with E-state index < -0.39 is 0 Å². The minimum Gasteiger partial charge on any atom is -0.395 e. The molecular formula is C10H21NO. The van der Waals surface area contributed by atoms with Crippen LogP contribution in [0.25, 0.3) is 0 Å². The zero-order chi connectivity index (χ0) is 8.81. The van der Waals surface area contributed by atoms with Crippen LogP contribution < -0.4 is 0 Å². The third kappa shape index (κ3) is 3.11. The third-order valence-corrected chi connectivity index (χ3v) is 2.90. The Balaban J connectivity index is 2.27. The van der Waals surface area contributed by atoms with E-state index in [1.54, 1.807) is 0 Å². The van der Waals surface area contributed by atoms with Crippen LogP contribution in [0.5, 0.6) is 0 Å². The molecule has 0 atom stereocenters. The Bertz CT molecular complexity index is 108. The lowest BCUT2D eigenvalue weighted by molar-refractivity contribution is 0.168. The van der Waals surface area contributed by atoms with E-state index >= 15 is 0 Å². The molecule has 1 aliphatic carbocycles. The third-order valence-electron chi connectivity index (χ3n) is 2.90. The minimum atomic E-state index is 0.299. The van der Waals surface area contributed by atoms with Gasteiger partial charge < -0.3 is 10.0 Å². The molecule has 1 saturated carbocycles. The molecule has 72 valence electrons. The smallest absolute Gasteiger partial charge is 0.0558 e. The fourth-order valence-corrected chi connectivity index (χ4v) is 2.04. The van der Waals surface area contributed by atoms with E-state index in [1.165, 1.54) is 38.5 Å².